The number of rotatable bonds is 9. The first-order valence-corrected chi connectivity index (χ1v) is 13.0. The van der Waals surface area contributed by atoms with E-state index in [0.717, 1.165) is 5.56 Å². The highest BCUT2D eigenvalue weighted by atomic mass is 16.5. The molecule has 8 nitrogen and oxygen atoms in total. The average Bonchev–Trinajstić information content (AvgIpc) is 2.92. The molecule has 39 heavy (non-hydrogen) atoms. The molecule has 1 saturated heterocycles. The van der Waals surface area contributed by atoms with Crippen LogP contribution in [0.4, 0.5) is 11.4 Å². The number of esters is 2. The number of hydrogen-bond acceptors (Lipinski definition) is 6. The van der Waals surface area contributed by atoms with Crippen molar-refractivity contribution in [2.24, 2.45) is 0 Å². The minimum atomic E-state index is -1.31. The normalized spacial score (nSPS) is 16.4. The molecule has 1 fully saturated rings. The number of ether oxygens (including phenoxy) is 2. The molecule has 0 saturated carbocycles. The molecule has 0 aliphatic carbocycles. The van der Waals surface area contributed by atoms with Crippen LogP contribution in [0.5, 0.6) is 0 Å². The van der Waals surface area contributed by atoms with Crippen LogP contribution in [0.15, 0.2) is 72.8 Å². The molecule has 3 aromatic rings. The average molecular weight is 529 g/mol. The molecule has 4 rings (SSSR count). The van der Waals surface area contributed by atoms with Crippen molar-refractivity contribution in [3.63, 3.8) is 0 Å². The van der Waals surface area contributed by atoms with E-state index >= 15 is 0 Å². The van der Waals surface area contributed by atoms with Crippen LogP contribution in [0.1, 0.15) is 71.9 Å². The Hall–Kier alpha value is -4.46. The summed E-state index contributed by atoms with van der Waals surface area (Å²) in [6.07, 6.45) is -0.0274. The zero-order valence-electron chi connectivity index (χ0n) is 22.5. The predicted octanol–water partition coefficient (Wildman–Crippen LogP) is 5.43. The van der Waals surface area contributed by atoms with Crippen LogP contribution in [0, 0.1) is 0 Å². The van der Waals surface area contributed by atoms with Crippen molar-refractivity contribution >= 4 is 35.1 Å². The van der Waals surface area contributed by atoms with E-state index in [0.29, 0.717) is 34.0 Å². The Labute approximate surface area is 227 Å². The molecule has 0 spiro atoms. The lowest BCUT2D eigenvalue weighted by molar-refractivity contribution is -0.137. The number of nitrogens with zero attached hydrogens (tertiary/aromatic N) is 1. The van der Waals surface area contributed by atoms with Gasteiger partial charge in [0.1, 0.15) is 0 Å². The zero-order chi connectivity index (χ0) is 28.2. The van der Waals surface area contributed by atoms with Crippen LogP contribution in [-0.2, 0) is 24.6 Å². The molecule has 0 radical (unpaired) electrons. The lowest BCUT2D eigenvalue weighted by Gasteiger charge is -2.50. The van der Waals surface area contributed by atoms with Crippen molar-refractivity contribution < 1.29 is 28.7 Å². The molecular weight excluding hydrogens is 496 g/mol. The number of β-lactam (4-membered cyclic amide) rings is 1. The van der Waals surface area contributed by atoms with E-state index < -0.39 is 23.4 Å². The van der Waals surface area contributed by atoms with Crippen molar-refractivity contribution in [1.82, 2.24) is 0 Å². The largest absolute Gasteiger partial charge is 0.462 e. The fourth-order valence-corrected chi connectivity index (χ4v) is 4.65. The minimum Gasteiger partial charge on any atom is -0.462 e. The first-order chi connectivity index (χ1) is 18.7. The highest BCUT2D eigenvalue weighted by molar-refractivity contribution is 6.17. The van der Waals surface area contributed by atoms with E-state index in [1.807, 2.05) is 24.3 Å². The van der Waals surface area contributed by atoms with Gasteiger partial charge in [-0.3, -0.25) is 14.5 Å². The van der Waals surface area contributed by atoms with Crippen molar-refractivity contribution in [2.75, 3.05) is 23.4 Å². The number of carbonyl (C=O) groups excluding carboxylic acids is 4. The van der Waals surface area contributed by atoms with E-state index in [1.165, 1.54) is 4.90 Å². The maximum absolute atomic E-state index is 14.0. The van der Waals surface area contributed by atoms with Gasteiger partial charge in [-0.05, 0) is 79.4 Å². The van der Waals surface area contributed by atoms with Gasteiger partial charge >= 0.3 is 11.9 Å². The van der Waals surface area contributed by atoms with Crippen LogP contribution in [0.2, 0.25) is 0 Å². The number of hydrogen-bond donors (Lipinski definition) is 1. The van der Waals surface area contributed by atoms with Crippen molar-refractivity contribution in [3.8, 4) is 0 Å². The highest BCUT2D eigenvalue weighted by Crippen LogP contribution is 2.46. The van der Waals surface area contributed by atoms with E-state index in [1.54, 1.807) is 62.4 Å². The lowest BCUT2D eigenvalue weighted by Crippen LogP contribution is -2.67. The molecule has 3 aromatic carbocycles. The number of anilines is 2. The summed E-state index contributed by atoms with van der Waals surface area (Å²) >= 11 is 0. The second-order valence-corrected chi connectivity index (χ2v) is 9.56. The maximum Gasteiger partial charge on any atom is 0.338 e. The molecule has 1 aliphatic heterocycles. The molecule has 1 heterocycles. The Bertz CT molecular complexity index is 1360. The molecule has 202 valence electrons. The molecule has 1 N–H and O–H groups in total. The Kier molecular flexibility index (Phi) is 8.14. The molecular formula is C31H32N2O6. The molecule has 1 atom stereocenters. The van der Waals surface area contributed by atoms with Gasteiger partial charge in [-0.25, -0.2) is 9.59 Å². The number of amides is 2. The summed E-state index contributed by atoms with van der Waals surface area (Å²) in [5, 5.41) is 2.93. The maximum atomic E-state index is 14.0. The van der Waals surface area contributed by atoms with E-state index in [2.05, 4.69) is 19.2 Å². The van der Waals surface area contributed by atoms with Gasteiger partial charge in [0.05, 0.1) is 30.8 Å². The van der Waals surface area contributed by atoms with Gasteiger partial charge in [-0.1, -0.05) is 38.1 Å². The second-order valence-electron chi connectivity index (χ2n) is 9.56. The van der Waals surface area contributed by atoms with Gasteiger partial charge < -0.3 is 14.8 Å². The molecule has 0 aromatic heterocycles. The topological polar surface area (TPSA) is 102 Å². The molecule has 0 bridgehead atoms. The first-order valence-electron chi connectivity index (χ1n) is 13.0. The van der Waals surface area contributed by atoms with Crippen LogP contribution in [-0.4, -0.2) is 37.0 Å². The standard InChI is InChI=1S/C31H32N2O6/c1-5-38-28(35)22-9-15-25(16-10-22)32-30(37)31(24-13-7-21(8-14-24)20(3)4)19-27(34)33(31)26-17-11-23(12-18-26)29(36)39-6-2/h7-18,20H,5-6,19H2,1-4H3,(H,32,37). The Morgan fingerprint density at radius 1 is 0.821 bits per heavy atom. The zero-order valence-corrected chi connectivity index (χ0v) is 22.5. The molecule has 8 heteroatoms. The van der Waals surface area contributed by atoms with Gasteiger partial charge in [0.2, 0.25) is 5.91 Å². The first kappa shape index (κ1) is 27.6. The minimum absolute atomic E-state index is 0.0274. The van der Waals surface area contributed by atoms with Crippen LogP contribution < -0.4 is 10.2 Å². The molecule has 1 unspecified atom stereocenters. The van der Waals surface area contributed by atoms with Gasteiger partial charge in [0.25, 0.3) is 5.91 Å². The summed E-state index contributed by atoms with van der Waals surface area (Å²) < 4.78 is 10.1. The van der Waals surface area contributed by atoms with E-state index in [9.17, 15) is 19.2 Å². The third kappa shape index (κ3) is 5.41. The summed E-state index contributed by atoms with van der Waals surface area (Å²) in [5.74, 6) is -1.22. The van der Waals surface area contributed by atoms with Crippen molar-refractivity contribution in [1.29, 1.82) is 0 Å². The van der Waals surface area contributed by atoms with Gasteiger partial charge in [-0.2, -0.15) is 0 Å². The second kappa shape index (κ2) is 11.5. The number of carbonyl (C=O) groups is 4. The van der Waals surface area contributed by atoms with Crippen LogP contribution in [0.25, 0.3) is 0 Å². The predicted molar refractivity (Wildman–Crippen MR) is 148 cm³/mol. The van der Waals surface area contributed by atoms with Crippen LogP contribution >= 0.6 is 0 Å². The van der Waals surface area contributed by atoms with Crippen molar-refractivity contribution in [2.45, 2.75) is 45.6 Å². The lowest BCUT2D eigenvalue weighted by atomic mass is 9.75. The smallest absolute Gasteiger partial charge is 0.338 e. The van der Waals surface area contributed by atoms with E-state index in [4.69, 9.17) is 9.47 Å². The highest BCUT2D eigenvalue weighted by Gasteiger charge is 2.58. The Balaban J connectivity index is 1.70. The Morgan fingerprint density at radius 3 is 1.79 bits per heavy atom. The fourth-order valence-electron chi connectivity index (χ4n) is 4.65. The van der Waals surface area contributed by atoms with Crippen LogP contribution in [0.3, 0.4) is 0 Å². The van der Waals surface area contributed by atoms with E-state index in [-0.39, 0.29) is 25.5 Å². The van der Waals surface area contributed by atoms with Gasteiger partial charge in [0.15, 0.2) is 5.54 Å². The van der Waals surface area contributed by atoms with Gasteiger partial charge in [-0.15, -0.1) is 0 Å². The van der Waals surface area contributed by atoms with Gasteiger partial charge in [0, 0.05) is 11.4 Å². The Morgan fingerprint density at radius 2 is 1.33 bits per heavy atom. The SMILES string of the molecule is CCOC(=O)c1ccc(NC(=O)C2(c3ccc(C(C)C)cc3)CC(=O)N2c2ccc(C(=O)OCC)cc2)cc1. The summed E-state index contributed by atoms with van der Waals surface area (Å²) in [6, 6.07) is 20.5. The monoisotopic (exact) mass is 528 g/mol. The third-order valence-electron chi connectivity index (χ3n) is 6.76. The molecule has 1 aliphatic rings. The quantitative estimate of drug-likeness (QED) is 0.293. The fraction of sp³-hybridized carbons (Fsp3) is 0.290. The number of benzene rings is 3. The summed E-state index contributed by atoms with van der Waals surface area (Å²) in [7, 11) is 0. The summed E-state index contributed by atoms with van der Waals surface area (Å²) in [4.78, 5) is 52.6. The molecule has 2 amide bonds. The summed E-state index contributed by atoms with van der Waals surface area (Å²) in [5.41, 5.74) is 2.16. The van der Waals surface area contributed by atoms with Crippen molar-refractivity contribution in [3.05, 3.63) is 95.1 Å². The summed E-state index contributed by atoms with van der Waals surface area (Å²) in [6.45, 7) is 8.15. The number of nitrogens with one attached hydrogen (secondary N) is 1. The third-order valence-corrected chi connectivity index (χ3v) is 6.76.